The van der Waals surface area contributed by atoms with Crippen LogP contribution < -0.4 is 10.2 Å². The fourth-order valence-electron chi connectivity index (χ4n) is 3.14. The average molecular weight is 436 g/mol. The zero-order valence-corrected chi connectivity index (χ0v) is 17.4. The third-order valence-electron chi connectivity index (χ3n) is 4.88. The predicted octanol–water partition coefficient (Wildman–Crippen LogP) is 2.19. The number of piperazine rings is 1. The number of hydrogen-bond acceptors (Lipinski definition) is 7. The minimum atomic E-state index is -0.135. The Labute approximate surface area is 178 Å². The molecule has 2 fully saturated rings. The van der Waals surface area contributed by atoms with Gasteiger partial charge in [-0.15, -0.1) is 0 Å². The van der Waals surface area contributed by atoms with E-state index in [-0.39, 0.29) is 23.5 Å². The number of amides is 2. The van der Waals surface area contributed by atoms with E-state index in [1.807, 2.05) is 4.90 Å². The normalized spacial score (nSPS) is 16.7. The molecule has 2 aliphatic rings. The highest BCUT2D eigenvalue weighted by atomic mass is 35.5. The van der Waals surface area contributed by atoms with E-state index in [1.165, 1.54) is 11.8 Å². The van der Waals surface area contributed by atoms with Crippen molar-refractivity contribution >= 4 is 41.0 Å². The highest BCUT2D eigenvalue weighted by molar-refractivity contribution is 7.99. The summed E-state index contributed by atoms with van der Waals surface area (Å²) < 4.78 is 5.19. The van der Waals surface area contributed by atoms with E-state index in [0.29, 0.717) is 48.8 Å². The number of nitrogens with zero attached hydrogens (tertiary/aromatic N) is 4. The lowest BCUT2D eigenvalue weighted by atomic mass is 10.2. The molecule has 8 nitrogen and oxygen atoms in total. The van der Waals surface area contributed by atoms with Gasteiger partial charge in [-0.3, -0.25) is 9.59 Å². The lowest BCUT2D eigenvalue weighted by Crippen LogP contribution is -2.49. The van der Waals surface area contributed by atoms with Crippen molar-refractivity contribution in [3.8, 4) is 0 Å². The summed E-state index contributed by atoms with van der Waals surface area (Å²) in [6.07, 6.45) is 3.62. The van der Waals surface area contributed by atoms with Gasteiger partial charge in [-0.05, 0) is 25.0 Å². The third kappa shape index (κ3) is 5.42. The lowest BCUT2D eigenvalue weighted by molar-refractivity contribution is -0.132. The maximum atomic E-state index is 12.2. The van der Waals surface area contributed by atoms with Crippen molar-refractivity contribution in [2.45, 2.75) is 24.5 Å². The van der Waals surface area contributed by atoms with Crippen molar-refractivity contribution < 1.29 is 14.0 Å². The Bertz CT molecular complexity index is 867. The minimum absolute atomic E-state index is 0.135. The molecule has 0 atom stereocenters. The van der Waals surface area contributed by atoms with E-state index >= 15 is 0 Å². The van der Waals surface area contributed by atoms with Gasteiger partial charge in [0.05, 0.1) is 18.6 Å². The van der Waals surface area contributed by atoms with Crippen LogP contribution in [0.2, 0.25) is 5.15 Å². The summed E-state index contributed by atoms with van der Waals surface area (Å²) in [6.45, 7) is 3.14. The number of rotatable bonds is 7. The van der Waals surface area contributed by atoms with Gasteiger partial charge < -0.3 is 19.5 Å². The standard InChI is InChI=1S/C19H22ClN5O3S/c20-15-10-16(24-5-7-25(8-6-24)18(27)13-3-4-13)23-19(22-15)29-12-17(26)21-11-14-2-1-9-28-14/h1-2,9-10,13H,3-8,11-12H2,(H,21,26). The number of aromatic nitrogens is 2. The van der Waals surface area contributed by atoms with Crippen molar-refractivity contribution in [1.82, 2.24) is 20.2 Å². The van der Waals surface area contributed by atoms with Crippen molar-refractivity contribution in [2.75, 3.05) is 36.8 Å². The molecule has 2 aromatic heterocycles. The summed E-state index contributed by atoms with van der Waals surface area (Å²) in [4.78, 5) is 37.0. The van der Waals surface area contributed by atoms with Crippen molar-refractivity contribution in [3.05, 3.63) is 35.4 Å². The van der Waals surface area contributed by atoms with Crippen LogP contribution in [0.3, 0.4) is 0 Å². The summed E-state index contributed by atoms with van der Waals surface area (Å²) in [5.74, 6) is 2.00. The molecule has 0 unspecified atom stereocenters. The quantitative estimate of drug-likeness (QED) is 0.405. The second-order valence-corrected chi connectivity index (χ2v) is 8.39. The van der Waals surface area contributed by atoms with Gasteiger partial charge in [0.15, 0.2) is 5.16 Å². The number of carbonyl (C=O) groups is 2. The molecule has 4 rings (SSSR count). The van der Waals surface area contributed by atoms with E-state index in [4.69, 9.17) is 16.0 Å². The van der Waals surface area contributed by atoms with Crippen LogP contribution in [-0.2, 0) is 16.1 Å². The summed E-state index contributed by atoms with van der Waals surface area (Å²) in [6, 6.07) is 5.30. The van der Waals surface area contributed by atoms with E-state index in [9.17, 15) is 9.59 Å². The van der Waals surface area contributed by atoms with Gasteiger partial charge in [0, 0.05) is 38.2 Å². The van der Waals surface area contributed by atoms with E-state index in [1.54, 1.807) is 24.5 Å². The molecular formula is C19H22ClN5O3S. The molecule has 154 valence electrons. The Kier molecular flexibility index (Phi) is 6.25. The molecule has 0 bridgehead atoms. The van der Waals surface area contributed by atoms with Crippen LogP contribution in [0.5, 0.6) is 0 Å². The number of halogens is 1. The van der Waals surface area contributed by atoms with Gasteiger partial charge in [-0.2, -0.15) is 0 Å². The summed E-state index contributed by atoms with van der Waals surface area (Å²) in [7, 11) is 0. The first-order chi connectivity index (χ1) is 14.1. The average Bonchev–Trinajstić information content (AvgIpc) is 3.45. The monoisotopic (exact) mass is 435 g/mol. The van der Waals surface area contributed by atoms with Crippen LogP contribution >= 0.6 is 23.4 Å². The molecule has 3 heterocycles. The lowest BCUT2D eigenvalue weighted by Gasteiger charge is -2.35. The van der Waals surface area contributed by atoms with Gasteiger partial charge in [0.2, 0.25) is 11.8 Å². The van der Waals surface area contributed by atoms with E-state index < -0.39 is 0 Å². The Balaban J connectivity index is 1.29. The maximum Gasteiger partial charge on any atom is 0.230 e. The van der Waals surface area contributed by atoms with Crippen LogP contribution in [0, 0.1) is 5.92 Å². The number of hydrogen-bond donors (Lipinski definition) is 1. The Morgan fingerprint density at radius 2 is 2.03 bits per heavy atom. The fourth-order valence-corrected chi connectivity index (χ4v) is 4.05. The second kappa shape index (κ2) is 9.04. The smallest absolute Gasteiger partial charge is 0.230 e. The number of furan rings is 1. The Morgan fingerprint density at radius 1 is 1.24 bits per heavy atom. The van der Waals surface area contributed by atoms with E-state index in [0.717, 1.165) is 18.7 Å². The topological polar surface area (TPSA) is 91.6 Å². The number of nitrogens with one attached hydrogen (secondary N) is 1. The molecular weight excluding hydrogens is 414 g/mol. The van der Waals surface area contributed by atoms with Crippen LogP contribution in [0.4, 0.5) is 5.82 Å². The molecule has 29 heavy (non-hydrogen) atoms. The van der Waals surface area contributed by atoms with Crippen molar-refractivity contribution in [3.63, 3.8) is 0 Å². The van der Waals surface area contributed by atoms with Gasteiger partial charge >= 0.3 is 0 Å². The van der Waals surface area contributed by atoms with Gasteiger partial charge in [-0.25, -0.2) is 9.97 Å². The fraction of sp³-hybridized carbons (Fsp3) is 0.474. The molecule has 1 N–H and O–H groups in total. The second-order valence-electron chi connectivity index (χ2n) is 7.06. The molecule has 1 saturated carbocycles. The summed E-state index contributed by atoms with van der Waals surface area (Å²) in [5.41, 5.74) is 0. The zero-order valence-electron chi connectivity index (χ0n) is 15.8. The van der Waals surface area contributed by atoms with Crippen LogP contribution in [0.25, 0.3) is 0 Å². The molecule has 2 aromatic rings. The highest BCUT2D eigenvalue weighted by Gasteiger charge is 2.34. The molecule has 1 aliphatic heterocycles. The van der Waals surface area contributed by atoms with Crippen LogP contribution in [0.15, 0.2) is 34.0 Å². The third-order valence-corrected chi connectivity index (χ3v) is 5.92. The van der Waals surface area contributed by atoms with Crippen LogP contribution in [0.1, 0.15) is 18.6 Å². The number of thioether (sulfide) groups is 1. The molecule has 1 aliphatic carbocycles. The molecule has 1 saturated heterocycles. The van der Waals surface area contributed by atoms with Gasteiger partial charge in [0.25, 0.3) is 0 Å². The van der Waals surface area contributed by atoms with Crippen molar-refractivity contribution in [2.24, 2.45) is 5.92 Å². The first-order valence-corrected chi connectivity index (χ1v) is 10.9. The summed E-state index contributed by atoms with van der Waals surface area (Å²) in [5, 5.41) is 3.58. The zero-order chi connectivity index (χ0) is 20.2. The number of carbonyl (C=O) groups excluding carboxylic acids is 2. The van der Waals surface area contributed by atoms with Gasteiger partial charge in [0.1, 0.15) is 16.7 Å². The first kappa shape index (κ1) is 20.0. The molecule has 2 amide bonds. The van der Waals surface area contributed by atoms with E-state index in [2.05, 4.69) is 20.2 Å². The Hall–Kier alpha value is -2.26. The molecule has 0 radical (unpaired) electrons. The predicted molar refractivity (Wildman–Crippen MR) is 110 cm³/mol. The molecule has 0 aromatic carbocycles. The summed E-state index contributed by atoms with van der Waals surface area (Å²) >= 11 is 7.41. The molecule has 0 spiro atoms. The van der Waals surface area contributed by atoms with Crippen molar-refractivity contribution in [1.29, 1.82) is 0 Å². The number of anilines is 1. The van der Waals surface area contributed by atoms with Crippen LogP contribution in [-0.4, -0.2) is 58.6 Å². The maximum absolute atomic E-state index is 12.2. The largest absolute Gasteiger partial charge is 0.467 e. The first-order valence-electron chi connectivity index (χ1n) is 9.58. The SMILES string of the molecule is O=C(CSc1nc(Cl)cc(N2CCN(C(=O)C3CC3)CC2)n1)NCc1ccco1. The molecule has 10 heteroatoms. The van der Waals surface area contributed by atoms with Gasteiger partial charge in [-0.1, -0.05) is 23.4 Å². The minimum Gasteiger partial charge on any atom is -0.467 e. The Morgan fingerprint density at radius 3 is 2.72 bits per heavy atom. The highest BCUT2D eigenvalue weighted by Crippen LogP contribution is 2.31.